The van der Waals surface area contributed by atoms with Crippen LogP contribution in [-0.2, 0) is 11.4 Å². The molecule has 4 aromatic rings. The van der Waals surface area contributed by atoms with E-state index in [1.165, 1.54) is 25.5 Å². The first-order valence-electron chi connectivity index (χ1n) is 12.6. The zero-order valence-corrected chi connectivity index (χ0v) is 24.9. The highest BCUT2D eigenvalue weighted by Gasteiger charge is 2.14. The van der Waals surface area contributed by atoms with Crippen LogP contribution in [0.4, 0.5) is 5.69 Å². The summed E-state index contributed by atoms with van der Waals surface area (Å²) in [6.45, 7) is 1.90. The molecule has 0 saturated carbocycles. The summed E-state index contributed by atoms with van der Waals surface area (Å²) in [5.41, 5.74) is 5.71. The minimum absolute atomic E-state index is 0.137. The van der Waals surface area contributed by atoms with Gasteiger partial charge in [0.15, 0.2) is 23.9 Å². The van der Waals surface area contributed by atoms with Crippen molar-refractivity contribution in [1.29, 1.82) is 0 Å². The Morgan fingerprint density at radius 1 is 0.857 bits per heavy atom. The van der Waals surface area contributed by atoms with Gasteiger partial charge in [0.05, 0.1) is 23.4 Å². The van der Waals surface area contributed by atoms with Crippen LogP contribution in [0.5, 0.6) is 17.2 Å². The second kappa shape index (κ2) is 14.6. The third-order valence-electron chi connectivity index (χ3n) is 5.87. The van der Waals surface area contributed by atoms with E-state index in [4.69, 9.17) is 49.0 Å². The number of carbonyl (C=O) groups is 2. The Hall–Kier alpha value is -4.24. The predicted octanol–water partition coefficient (Wildman–Crippen LogP) is 7.32. The molecule has 0 unspecified atom stereocenters. The Kier molecular flexibility index (Phi) is 10.7. The van der Waals surface area contributed by atoms with Crippen molar-refractivity contribution in [3.63, 3.8) is 0 Å². The molecule has 0 bridgehead atoms. The van der Waals surface area contributed by atoms with Gasteiger partial charge >= 0.3 is 0 Å². The molecular weight excluding hydrogens is 601 g/mol. The highest BCUT2D eigenvalue weighted by atomic mass is 35.5. The van der Waals surface area contributed by atoms with Crippen molar-refractivity contribution in [3.8, 4) is 17.2 Å². The van der Waals surface area contributed by atoms with Crippen LogP contribution in [0.25, 0.3) is 0 Å². The minimum atomic E-state index is -0.461. The topological polar surface area (TPSA) is 98.3 Å². The van der Waals surface area contributed by atoms with E-state index in [0.717, 1.165) is 11.1 Å². The van der Waals surface area contributed by atoms with E-state index in [1.807, 2.05) is 37.3 Å². The summed E-state index contributed by atoms with van der Waals surface area (Å²) in [7, 11) is 1.50. The van der Waals surface area contributed by atoms with Crippen molar-refractivity contribution in [2.24, 2.45) is 5.10 Å². The first kappa shape index (κ1) is 30.7. The zero-order chi connectivity index (χ0) is 30.1. The molecule has 2 amide bonds. The van der Waals surface area contributed by atoms with Crippen molar-refractivity contribution in [2.75, 3.05) is 19.0 Å². The molecule has 0 aliphatic heterocycles. The second-order valence-electron chi connectivity index (χ2n) is 8.95. The van der Waals surface area contributed by atoms with Gasteiger partial charge in [0, 0.05) is 16.3 Å². The summed E-state index contributed by atoms with van der Waals surface area (Å²) in [5.74, 6) is 0.177. The lowest BCUT2D eigenvalue weighted by Gasteiger charge is -2.12. The number of aryl methyl sites for hydroxylation is 1. The van der Waals surface area contributed by atoms with E-state index in [1.54, 1.807) is 36.4 Å². The van der Waals surface area contributed by atoms with Gasteiger partial charge < -0.3 is 19.5 Å². The van der Waals surface area contributed by atoms with Crippen molar-refractivity contribution in [1.82, 2.24) is 5.43 Å². The molecule has 0 radical (unpaired) electrons. The molecule has 0 fully saturated rings. The van der Waals surface area contributed by atoms with Gasteiger partial charge in [-0.2, -0.15) is 5.10 Å². The molecule has 216 valence electrons. The Morgan fingerprint density at radius 2 is 1.60 bits per heavy atom. The predicted molar refractivity (Wildman–Crippen MR) is 166 cm³/mol. The van der Waals surface area contributed by atoms with Gasteiger partial charge in [-0.25, -0.2) is 5.43 Å². The van der Waals surface area contributed by atoms with Crippen molar-refractivity contribution in [3.05, 3.63) is 116 Å². The molecular formula is C31H26Cl3N3O5. The largest absolute Gasteiger partial charge is 0.493 e. The Bertz CT molecular complexity index is 1590. The fourth-order valence-corrected chi connectivity index (χ4v) is 4.48. The Labute approximate surface area is 258 Å². The van der Waals surface area contributed by atoms with Gasteiger partial charge in [-0.3, -0.25) is 9.59 Å². The van der Waals surface area contributed by atoms with Crippen LogP contribution < -0.4 is 25.0 Å². The highest BCUT2D eigenvalue weighted by Crippen LogP contribution is 2.34. The molecule has 8 nitrogen and oxygen atoms in total. The van der Waals surface area contributed by atoms with E-state index in [0.29, 0.717) is 39.9 Å². The number of benzene rings is 4. The summed E-state index contributed by atoms with van der Waals surface area (Å²) in [6.07, 6.45) is 1.38. The standard InChI is InChI=1S/C31H26Cl3N3O5/c1-19-8-10-23(15-24(19)32)36-29(38)18-42-30-25(33)12-21(13-26(30)34)16-35-37-31(39)22-9-11-27(28(14-22)40-2)41-17-20-6-4-3-5-7-20/h3-16H,17-18H2,1-2H3,(H,36,38)(H,37,39)/b35-16+. The molecule has 0 atom stereocenters. The first-order valence-corrected chi connectivity index (χ1v) is 13.7. The average Bonchev–Trinajstić information content (AvgIpc) is 2.98. The fourth-order valence-electron chi connectivity index (χ4n) is 3.69. The number of nitrogens with one attached hydrogen (secondary N) is 2. The van der Waals surface area contributed by atoms with Crippen LogP contribution in [0, 0.1) is 6.92 Å². The normalized spacial score (nSPS) is 10.8. The third-order valence-corrected chi connectivity index (χ3v) is 6.84. The number of halogens is 3. The fraction of sp³-hybridized carbons (Fsp3) is 0.129. The third kappa shape index (κ3) is 8.39. The molecule has 0 spiro atoms. The van der Waals surface area contributed by atoms with Gasteiger partial charge in [0.2, 0.25) is 0 Å². The number of hydrogen-bond donors (Lipinski definition) is 2. The molecule has 0 saturated heterocycles. The maximum Gasteiger partial charge on any atom is 0.271 e. The number of rotatable bonds is 11. The maximum absolute atomic E-state index is 12.7. The summed E-state index contributed by atoms with van der Waals surface area (Å²) < 4.78 is 16.8. The first-order chi connectivity index (χ1) is 20.2. The number of carbonyl (C=O) groups excluding carboxylic acids is 2. The van der Waals surface area contributed by atoms with E-state index in [2.05, 4.69) is 15.8 Å². The molecule has 4 rings (SSSR count). The molecule has 2 N–H and O–H groups in total. The van der Waals surface area contributed by atoms with Crippen LogP contribution in [0.2, 0.25) is 15.1 Å². The maximum atomic E-state index is 12.7. The molecule has 0 aliphatic carbocycles. The van der Waals surface area contributed by atoms with Crippen LogP contribution in [0.3, 0.4) is 0 Å². The second-order valence-corrected chi connectivity index (χ2v) is 10.2. The molecule has 4 aromatic carbocycles. The number of anilines is 1. The molecule has 0 heterocycles. The lowest BCUT2D eigenvalue weighted by molar-refractivity contribution is -0.118. The Morgan fingerprint density at radius 3 is 2.29 bits per heavy atom. The summed E-state index contributed by atoms with van der Waals surface area (Å²) in [5, 5.41) is 7.55. The molecule has 11 heteroatoms. The summed E-state index contributed by atoms with van der Waals surface area (Å²) in [4.78, 5) is 25.0. The van der Waals surface area contributed by atoms with Gasteiger partial charge in [-0.15, -0.1) is 0 Å². The quantitative estimate of drug-likeness (QED) is 0.134. The lowest BCUT2D eigenvalue weighted by Crippen LogP contribution is -2.20. The van der Waals surface area contributed by atoms with E-state index >= 15 is 0 Å². The SMILES string of the molecule is COc1cc(C(=O)N/N=C/c2cc(Cl)c(OCC(=O)Nc3ccc(C)c(Cl)c3)c(Cl)c2)ccc1OCc1ccccc1. The molecule has 0 aromatic heterocycles. The highest BCUT2D eigenvalue weighted by molar-refractivity contribution is 6.37. The van der Waals surface area contributed by atoms with Crippen LogP contribution in [0.1, 0.15) is 27.0 Å². The van der Waals surface area contributed by atoms with E-state index in [9.17, 15) is 9.59 Å². The van der Waals surface area contributed by atoms with E-state index < -0.39 is 11.8 Å². The average molecular weight is 627 g/mol. The smallest absolute Gasteiger partial charge is 0.271 e. The number of hydrogen-bond acceptors (Lipinski definition) is 6. The van der Waals surface area contributed by atoms with E-state index in [-0.39, 0.29) is 22.4 Å². The van der Waals surface area contributed by atoms with Gasteiger partial charge in [-0.05, 0) is 66.1 Å². The summed E-state index contributed by atoms with van der Waals surface area (Å²) >= 11 is 18.8. The van der Waals surface area contributed by atoms with Crippen LogP contribution >= 0.6 is 34.8 Å². The van der Waals surface area contributed by atoms with Crippen molar-refractivity contribution < 1.29 is 23.8 Å². The van der Waals surface area contributed by atoms with Crippen molar-refractivity contribution >= 4 is 58.5 Å². The number of ether oxygens (including phenoxy) is 3. The number of amides is 2. The van der Waals surface area contributed by atoms with Gasteiger partial charge in [-0.1, -0.05) is 71.2 Å². The number of methoxy groups -OCH3 is 1. The zero-order valence-electron chi connectivity index (χ0n) is 22.6. The number of nitrogens with zero attached hydrogens (tertiary/aromatic N) is 1. The van der Waals surface area contributed by atoms with Gasteiger partial charge in [0.25, 0.3) is 11.8 Å². The Balaban J connectivity index is 1.32. The monoisotopic (exact) mass is 625 g/mol. The van der Waals surface area contributed by atoms with Crippen molar-refractivity contribution in [2.45, 2.75) is 13.5 Å². The molecule has 42 heavy (non-hydrogen) atoms. The van der Waals surface area contributed by atoms with Crippen LogP contribution in [0.15, 0.2) is 84.0 Å². The summed E-state index contributed by atoms with van der Waals surface area (Å²) in [6, 6.07) is 22.8. The lowest BCUT2D eigenvalue weighted by atomic mass is 10.2. The van der Waals surface area contributed by atoms with Gasteiger partial charge in [0.1, 0.15) is 6.61 Å². The minimum Gasteiger partial charge on any atom is -0.493 e. The molecule has 0 aliphatic rings. The van der Waals surface area contributed by atoms with Crippen LogP contribution in [-0.4, -0.2) is 31.7 Å². The number of hydrazone groups is 1.